The molecule has 1 aliphatic heterocycles. The van der Waals surface area contributed by atoms with Gasteiger partial charge in [-0.1, -0.05) is 17.8 Å². The minimum absolute atomic E-state index is 0.0134. The van der Waals surface area contributed by atoms with Gasteiger partial charge in [0.05, 0.1) is 11.7 Å². The van der Waals surface area contributed by atoms with E-state index in [1.807, 2.05) is 12.1 Å². The molecule has 1 aliphatic carbocycles. The van der Waals surface area contributed by atoms with E-state index in [1.54, 1.807) is 19.1 Å². The van der Waals surface area contributed by atoms with Gasteiger partial charge in [0, 0.05) is 24.8 Å². The first-order chi connectivity index (χ1) is 15.0. The zero-order chi connectivity index (χ0) is 21.8. The summed E-state index contributed by atoms with van der Waals surface area (Å²) < 4.78 is 13.6. The molecular formula is C22H26FN5O2S. The zero-order valence-electron chi connectivity index (χ0n) is 17.4. The van der Waals surface area contributed by atoms with Gasteiger partial charge in [-0.25, -0.2) is 4.39 Å². The number of aromatic nitrogens is 2. The minimum atomic E-state index is -0.350. The second-order valence-corrected chi connectivity index (χ2v) is 9.09. The third kappa shape index (κ3) is 5.94. The van der Waals surface area contributed by atoms with Crippen molar-refractivity contribution < 1.29 is 14.0 Å². The van der Waals surface area contributed by atoms with Crippen LogP contribution in [0.2, 0.25) is 0 Å². The highest BCUT2D eigenvalue weighted by molar-refractivity contribution is 7.99. The maximum Gasteiger partial charge on any atom is 0.234 e. The molecule has 2 fully saturated rings. The first-order valence-electron chi connectivity index (χ1n) is 10.6. The Hall–Kier alpha value is -2.68. The summed E-state index contributed by atoms with van der Waals surface area (Å²) in [4.78, 5) is 26.6. The molecule has 0 spiro atoms. The Kier molecular flexibility index (Phi) is 6.70. The van der Waals surface area contributed by atoms with Crippen molar-refractivity contribution >= 4 is 35.1 Å². The van der Waals surface area contributed by atoms with Gasteiger partial charge in [-0.05, 0) is 62.4 Å². The average Bonchev–Trinajstić information content (AvgIpc) is 3.59. The molecule has 4 rings (SSSR count). The van der Waals surface area contributed by atoms with E-state index >= 15 is 0 Å². The third-order valence-electron chi connectivity index (χ3n) is 5.47. The fourth-order valence-corrected chi connectivity index (χ4v) is 4.13. The van der Waals surface area contributed by atoms with Crippen LogP contribution in [-0.2, 0) is 9.59 Å². The molecule has 2 aliphatic rings. The van der Waals surface area contributed by atoms with Crippen molar-refractivity contribution in [3.8, 4) is 0 Å². The van der Waals surface area contributed by atoms with E-state index in [2.05, 4.69) is 25.7 Å². The predicted octanol–water partition coefficient (Wildman–Crippen LogP) is 3.15. The summed E-state index contributed by atoms with van der Waals surface area (Å²) in [6, 6.07) is 8.70. The molecule has 0 bridgehead atoms. The minimum Gasteiger partial charge on any atom is -0.354 e. The quantitative estimate of drug-likeness (QED) is 0.640. The van der Waals surface area contributed by atoms with Crippen LogP contribution in [0.5, 0.6) is 0 Å². The fraction of sp³-hybridized carbons (Fsp3) is 0.455. The van der Waals surface area contributed by atoms with Crippen molar-refractivity contribution in [2.75, 3.05) is 29.1 Å². The lowest BCUT2D eigenvalue weighted by Gasteiger charge is -2.32. The summed E-state index contributed by atoms with van der Waals surface area (Å²) in [5.74, 6) is 0.438. The highest BCUT2D eigenvalue weighted by Crippen LogP contribution is 2.25. The number of aryl methyl sites for hydroxylation is 1. The van der Waals surface area contributed by atoms with Crippen LogP contribution in [-0.4, -0.2) is 46.9 Å². The Morgan fingerprint density at radius 1 is 1.19 bits per heavy atom. The number of halogens is 1. The molecule has 1 aromatic carbocycles. The summed E-state index contributed by atoms with van der Waals surface area (Å²) in [7, 11) is 0. The van der Waals surface area contributed by atoms with Gasteiger partial charge in [0.15, 0.2) is 5.82 Å². The zero-order valence-corrected chi connectivity index (χ0v) is 18.3. The summed E-state index contributed by atoms with van der Waals surface area (Å²) in [5, 5.41) is 14.9. The lowest BCUT2D eigenvalue weighted by atomic mass is 9.97. The Balaban J connectivity index is 1.27. The Labute approximate surface area is 185 Å². The number of rotatable bonds is 7. The van der Waals surface area contributed by atoms with Crippen LogP contribution >= 0.6 is 11.8 Å². The Bertz CT molecular complexity index is 951. The molecule has 2 heterocycles. The van der Waals surface area contributed by atoms with E-state index in [-0.39, 0.29) is 29.3 Å². The molecule has 2 N–H and O–H groups in total. The van der Waals surface area contributed by atoms with Crippen molar-refractivity contribution in [2.45, 2.75) is 43.7 Å². The highest BCUT2D eigenvalue weighted by Gasteiger charge is 2.30. The molecule has 0 unspecified atom stereocenters. The fourth-order valence-electron chi connectivity index (χ4n) is 3.51. The van der Waals surface area contributed by atoms with Crippen LogP contribution in [0.4, 0.5) is 15.9 Å². The Morgan fingerprint density at radius 3 is 2.74 bits per heavy atom. The van der Waals surface area contributed by atoms with E-state index in [0.717, 1.165) is 38.0 Å². The van der Waals surface area contributed by atoms with E-state index in [0.29, 0.717) is 28.9 Å². The monoisotopic (exact) mass is 443 g/mol. The van der Waals surface area contributed by atoms with E-state index < -0.39 is 0 Å². The normalized spacial score (nSPS) is 18.5. The van der Waals surface area contributed by atoms with Gasteiger partial charge >= 0.3 is 0 Å². The van der Waals surface area contributed by atoms with Crippen molar-refractivity contribution in [1.82, 2.24) is 15.5 Å². The number of nitrogens with one attached hydrogen (secondary N) is 2. The molecular weight excluding hydrogens is 417 g/mol. The van der Waals surface area contributed by atoms with Crippen molar-refractivity contribution in [1.29, 1.82) is 0 Å². The molecule has 7 nitrogen and oxygen atoms in total. The van der Waals surface area contributed by atoms with Gasteiger partial charge in [-0.3, -0.25) is 9.59 Å². The van der Waals surface area contributed by atoms with Gasteiger partial charge in [0.25, 0.3) is 0 Å². The number of amides is 2. The van der Waals surface area contributed by atoms with Gasteiger partial charge in [0.1, 0.15) is 10.8 Å². The second-order valence-electron chi connectivity index (χ2n) is 8.10. The molecule has 1 saturated carbocycles. The largest absolute Gasteiger partial charge is 0.354 e. The number of nitrogens with zero attached hydrogens (tertiary/aromatic N) is 3. The van der Waals surface area contributed by atoms with E-state index in [4.69, 9.17) is 0 Å². The molecule has 31 heavy (non-hydrogen) atoms. The smallest absolute Gasteiger partial charge is 0.234 e. The lowest BCUT2D eigenvalue weighted by Crippen LogP contribution is -2.44. The van der Waals surface area contributed by atoms with Crippen LogP contribution in [0.1, 0.15) is 31.2 Å². The first kappa shape index (κ1) is 21.5. The van der Waals surface area contributed by atoms with E-state index in [1.165, 1.54) is 17.8 Å². The molecule has 9 heteroatoms. The van der Waals surface area contributed by atoms with Crippen LogP contribution in [0, 0.1) is 18.7 Å². The number of benzene rings is 1. The number of hydrogen-bond donors (Lipinski definition) is 2. The standard InChI is InChI=1S/C22H26FN5O2S/c1-14-4-5-17(11-18(14)23)24-20(29)13-31-21-9-8-19(26-27-21)28-10-2-3-15(12-28)22(30)25-16-6-7-16/h4-5,8-9,11,15-16H,2-3,6-7,10,12-13H2,1H3,(H,24,29)(H,25,30)/t15-/m1/s1. The third-order valence-corrected chi connectivity index (χ3v) is 6.39. The molecule has 1 atom stereocenters. The number of carbonyl (C=O) groups is 2. The number of piperidine rings is 1. The first-order valence-corrected chi connectivity index (χ1v) is 11.5. The van der Waals surface area contributed by atoms with Crippen LogP contribution in [0.3, 0.4) is 0 Å². The second kappa shape index (κ2) is 9.64. The number of carbonyl (C=O) groups excluding carboxylic acids is 2. The molecule has 1 saturated heterocycles. The van der Waals surface area contributed by atoms with Crippen LogP contribution in [0.25, 0.3) is 0 Å². The van der Waals surface area contributed by atoms with Crippen molar-refractivity contribution in [3.63, 3.8) is 0 Å². The Morgan fingerprint density at radius 2 is 2.03 bits per heavy atom. The lowest BCUT2D eigenvalue weighted by molar-refractivity contribution is -0.125. The van der Waals surface area contributed by atoms with Gasteiger partial charge in [-0.2, -0.15) is 0 Å². The highest BCUT2D eigenvalue weighted by atomic mass is 32.2. The number of hydrogen-bond acceptors (Lipinski definition) is 6. The van der Waals surface area contributed by atoms with Crippen molar-refractivity contribution in [2.24, 2.45) is 5.92 Å². The van der Waals surface area contributed by atoms with Crippen LogP contribution in [0.15, 0.2) is 35.4 Å². The maximum atomic E-state index is 13.6. The van der Waals surface area contributed by atoms with Gasteiger partial charge in [0.2, 0.25) is 11.8 Å². The molecule has 2 aromatic rings. The van der Waals surface area contributed by atoms with Crippen LogP contribution < -0.4 is 15.5 Å². The topological polar surface area (TPSA) is 87.2 Å². The summed E-state index contributed by atoms with van der Waals surface area (Å²) in [6.45, 7) is 3.17. The predicted molar refractivity (Wildman–Crippen MR) is 119 cm³/mol. The summed E-state index contributed by atoms with van der Waals surface area (Å²) in [6.07, 6.45) is 4.02. The molecule has 0 radical (unpaired) electrons. The van der Waals surface area contributed by atoms with Gasteiger partial charge < -0.3 is 15.5 Å². The molecule has 164 valence electrons. The number of anilines is 2. The summed E-state index contributed by atoms with van der Waals surface area (Å²) in [5.41, 5.74) is 0.965. The summed E-state index contributed by atoms with van der Waals surface area (Å²) >= 11 is 1.27. The molecule has 1 aromatic heterocycles. The average molecular weight is 444 g/mol. The molecule has 2 amide bonds. The van der Waals surface area contributed by atoms with Crippen molar-refractivity contribution in [3.05, 3.63) is 41.7 Å². The van der Waals surface area contributed by atoms with E-state index in [9.17, 15) is 14.0 Å². The maximum absolute atomic E-state index is 13.6. The number of thioether (sulfide) groups is 1. The SMILES string of the molecule is Cc1ccc(NC(=O)CSc2ccc(N3CCC[C@@H](C(=O)NC4CC4)C3)nn2)cc1F. The van der Waals surface area contributed by atoms with Gasteiger partial charge in [-0.15, -0.1) is 10.2 Å².